The van der Waals surface area contributed by atoms with Crippen molar-refractivity contribution < 1.29 is 24.2 Å². The van der Waals surface area contributed by atoms with Gasteiger partial charge in [0.25, 0.3) is 0 Å². The van der Waals surface area contributed by atoms with Crippen LogP contribution in [0.4, 0.5) is 10.5 Å². The van der Waals surface area contributed by atoms with Gasteiger partial charge in [0.05, 0.1) is 19.1 Å². The summed E-state index contributed by atoms with van der Waals surface area (Å²) >= 11 is 3.27. The van der Waals surface area contributed by atoms with Crippen LogP contribution in [0.5, 0.6) is 0 Å². The Morgan fingerprint density at radius 3 is 2.55 bits per heavy atom. The van der Waals surface area contributed by atoms with Gasteiger partial charge in [0, 0.05) is 23.8 Å². The third kappa shape index (κ3) is 4.73. The van der Waals surface area contributed by atoms with Crippen LogP contribution < -0.4 is 5.32 Å². The van der Waals surface area contributed by atoms with Crippen LogP contribution in [0.15, 0.2) is 16.6 Å². The zero-order valence-electron chi connectivity index (χ0n) is 12.5. The number of halogens is 1. The van der Waals surface area contributed by atoms with E-state index in [1.807, 2.05) is 0 Å². The Bertz CT molecular complexity index is 603. The third-order valence-electron chi connectivity index (χ3n) is 2.97. The third-order valence-corrected chi connectivity index (χ3v) is 3.62. The Balaban J connectivity index is 2.90. The summed E-state index contributed by atoms with van der Waals surface area (Å²) in [6.45, 7) is 1.86. The minimum Gasteiger partial charge on any atom is -0.481 e. The van der Waals surface area contributed by atoms with Gasteiger partial charge in [0.2, 0.25) is 0 Å². The monoisotopic (exact) mass is 372 g/mol. The van der Waals surface area contributed by atoms with Gasteiger partial charge in [-0.25, -0.2) is 9.59 Å². The number of hydrogen-bond acceptors (Lipinski definition) is 4. The van der Waals surface area contributed by atoms with Gasteiger partial charge in [0.1, 0.15) is 0 Å². The fourth-order valence-electron chi connectivity index (χ4n) is 1.65. The highest BCUT2D eigenvalue weighted by molar-refractivity contribution is 9.10. The van der Waals surface area contributed by atoms with Crippen molar-refractivity contribution >= 4 is 39.6 Å². The Hall–Kier alpha value is -2.09. The maximum atomic E-state index is 12.0. The summed E-state index contributed by atoms with van der Waals surface area (Å²) in [6.07, 6.45) is -0.142. The summed E-state index contributed by atoms with van der Waals surface area (Å²) in [5, 5.41) is 11.3. The fourth-order valence-corrected chi connectivity index (χ4v) is 2.27. The minimum atomic E-state index is -0.979. The second-order valence-electron chi connectivity index (χ2n) is 4.63. The highest BCUT2D eigenvalue weighted by atomic mass is 79.9. The molecule has 0 fully saturated rings. The fraction of sp³-hybridized carbons (Fsp3) is 0.357. The summed E-state index contributed by atoms with van der Waals surface area (Å²) in [5.74, 6) is -1.51. The zero-order valence-corrected chi connectivity index (χ0v) is 14.1. The molecule has 7 nitrogen and oxygen atoms in total. The standard InChI is InChI=1S/C14H17BrN2O5/c1-8-6-10(15)9(13(20)22-3)7-11(8)16-14(21)17(2)5-4-12(18)19/h6-7H,4-5H2,1-3H3,(H,16,21)(H,18,19). The average Bonchev–Trinajstić information content (AvgIpc) is 2.46. The number of aliphatic carboxylic acids is 1. The summed E-state index contributed by atoms with van der Waals surface area (Å²) in [7, 11) is 2.76. The second-order valence-corrected chi connectivity index (χ2v) is 5.49. The van der Waals surface area contributed by atoms with Gasteiger partial charge in [-0.3, -0.25) is 4.79 Å². The molecule has 0 heterocycles. The van der Waals surface area contributed by atoms with Crippen LogP contribution in [0.1, 0.15) is 22.3 Å². The molecule has 1 aromatic rings. The Morgan fingerprint density at radius 2 is 2.00 bits per heavy atom. The number of carbonyl (C=O) groups is 3. The zero-order chi connectivity index (χ0) is 16.9. The molecule has 0 atom stereocenters. The topological polar surface area (TPSA) is 95.9 Å². The number of amides is 2. The predicted molar refractivity (Wildman–Crippen MR) is 84.1 cm³/mol. The number of ether oxygens (including phenoxy) is 1. The van der Waals surface area contributed by atoms with Gasteiger partial charge in [0.15, 0.2) is 0 Å². The van der Waals surface area contributed by atoms with Crippen LogP contribution in [0, 0.1) is 6.92 Å². The van der Waals surface area contributed by atoms with E-state index in [1.54, 1.807) is 13.0 Å². The van der Waals surface area contributed by atoms with Crippen molar-refractivity contribution in [1.82, 2.24) is 4.90 Å². The molecular formula is C14H17BrN2O5. The number of carbonyl (C=O) groups excluding carboxylic acids is 2. The summed E-state index contributed by atoms with van der Waals surface area (Å²) in [5.41, 5.74) is 1.49. The number of esters is 1. The van der Waals surface area contributed by atoms with Gasteiger partial charge < -0.3 is 20.1 Å². The highest BCUT2D eigenvalue weighted by Gasteiger charge is 2.16. The number of carboxylic acids is 1. The normalized spacial score (nSPS) is 10.0. The minimum absolute atomic E-state index is 0.0839. The lowest BCUT2D eigenvalue weighted by Crippen LogP contribution is -2.33. The molecular weight excluding hydrogens is 356 g/mol. The van der Waals surface area contributed by atoms with Crippen molar-refractivity contribution in [3.05, 3.63) is 27.7 Å². The number of urea groups is 1. The number of aryl methyl sites for hydroxylation is 1. The molecule has 0 saturated heterocycles. The maximum Gasteiger partial charge on any atom is 0.339 e. The Labute approximate surface area is 136 Å². The number of anilines is 1. The largest absolute Gasteiger partial charge is 0.481 e. The quantitative estimate of drug-likeness (QED) is 0.774. The molecule has 0 radical (unpaired) electrons. The molecule has 0 aliphatic rings. The lowest BCUT2D eigenvalue weighted by atomic mass is 10.1. The first-order valence-corrected chi connectivity index (χ1v) is 7.18. The van der Waals surface area contributed by atoms with E-state index in [4.69, 9.17) is 5.11 Å². The number of rotatable bonds is 5. The SMILES string of the molecule is COC(=O)c1cc(NC(=O)N(C)CCC(=O)O)c(C)cc1Br. The van der Waals surface area contributed by atoms with Crippen molar-refractivity contribution in [2.75, 3.05) is 26.0 Å². The number of hydrogen-bond donors (Lipinski definition) is 2. The molecule has 0 unspecified atom stereocenters. The van der Waals surface area contributed by atoms with Crippen molar-refractivity contribution in [3.8, 4) is 0 Å². The van der Waals surface area contributed by atoms with E-state index in [2.05, 4.69) is 26.0 Å². The number of nitrogens with one attached hydrogen (secondary N) is 1. The molecule has 1 rings (SSSR count). The average molecular weight is 373 g/mol. The molecule has 0 saturated carbocycles. The van der Waals surface area contributed by atoms with Gasteiger partial charge in [-0.05, 0) is 40.5 Å². The predicted octanol–water partition coefficient (Wildman–Crippen LogP) is 2.48. The number of nitrogens with zero attached hydrogens (tertiary/aromatic N) is 1. The van der Waals surface area contributed by atoms with E-state index < -0.39 is 18.0 Å². The molecule has 2 N–H and O–H groups in total. The number of carboxylic acid groups (broad SMARTS) is 1. The van der Waals surface area contributed by atoms with E-state index >= 15 is 0 Å². The summed E-state index contributed by atoms with van der Waals surface area (Å²) < 4.78 is 5.24. The maximum absolute atomic E-state index is 12.0. The molecule has 120 valence electrons. The van der Waals surface area contributed by atoms with Crippen LogP contribution in [0.3, 0.4) is 0 Å². The Morgan fingerprint density at radius 1 is 1.36 bits per heavy atom. The summed E-state index contributed by atoms with van der Waals surface area (Å²) in [6, 6.07) is 2.75. The highest BCUT2D eigenvalue weighted by Crippen LogP contribution is 2.26. The summed E-state index contributed by atoms with van der Waals surface area (Å²) in [4.78, 5) is 35.4. The lowest BCUT2D eigenvalue weighted by Gasteiger charge is -2.18. The van der Waals surface area contributed by atoms with Crippen LogP contribution in [0.2, 0.25) is 0 Å². The molecule has 8 heteroatoms. The lowest BCUT2D eigenvalue weighted by molar-refractivity contribution is -0.137. The van der Waals surface area contributed by atoms with Crippen LogP contribution in [-0.4, -0.2) is 48.7 Å². The van der Waals surface area contributed by atoms with E-state index in [0.717, 1.165) is 5.56 Å². The van der Waals surface area contributed by atoms with Crippen molar-refractivity contribution in [1.29, 1.82) is 0 Å². The number of methoxy groups -OCH3 is 1. The first-order chi connectivity index (χ1) is 10.3. The molecule has 0 aliphatic heterocycles. The Kier molecular flexibility index (Phi) is 6.36. The van der Waals surface area contributed by atoms with Gasteiger partial charge in [-0.2, -0.15) is 0 Å². The first-order valence-electron chi connectivity index (χ1n) is 6.38. The van der Waals surface area contributed by atoms with Crippen LogP contribution in [0.25, 0.3) is 0 Å². The molecule has 2 amide bonds. The first kappa shape index (κ1) is 18.0. The van der Waals surface area contributed by atoms with Crippen molar-refractivity contribution in [2.45, 2.75) is 13.3 Å². The van der Waals surface area contributed by atoms with E-state index in [0.29, 0.717) is 10.2 Å². The molecule has 0 bridgehead atoms. The van der Waals surface area contributed by atoms with Crippen molar-refractivity contribution in [3.63, 3.8) is 0 Å². The van der Waals surface area contributed by atoms with Crippen LogP contribution >= 0.6 is 15.9 Å². The molecule has 0 aliphatic carbocycles. The van der Waals surface area contributed by atoms with Crippen LogP contribution in [-0.2, 0) is 9.53 Å². The second kappa shape index (κ2) is 7.79. The van der Waals surface area contributed by atoms with Crippen molar-refractivity contribution in [2.24, 2.45) is 0 Å². The van der Waals surface area contributed by atoms with Gasteiger partial charge in [-0.1, -0.05) is 0 Å². The van der Waals surface area contributed by atoms with E-state index in [1.165, 1.54) is 25.1 Å². The molecule has 0 aromatic heterocycles. The number of benzene rings is 1. The van der Waals surface area contributed by atoms with E-state index in [9.17, 15) is 14.4 Å². The van der Waals surface area contributed by atoms with E-state index in [-0.39, 0.29) is 18.5 Å². The van der Waals surface area contributed by atoms with Gasteiger partial charge >= 0.3 is 18.0 Å². The molecule has 22 heavy (non-hydrogen) atoms. The smallest absolute Gasteiger partial charge is 0.339 e. The molecule has 1 aromatic carbocycles. The van der Waals surface area contributed by atoms with Gasteiger partial charge in [-0.15, -0.1) is 0 Å². The molecule has 0 spiro atoms.